The van der Waals surface area contributed by atoms with E-state index in [1.807, 2.05) is 27.7 Å². The third-order valence-electron chi connectivity index (χ3n) is 3.28. The van der Waals surface area contributed by atoms with E-state index in [1.54, 1.807) is 4.90 Å². The number of carbonyl (C=O) groups excluding carboxylic acids is 1. The van der Waals surface area contributed by atoms with E-state index in [-0.39, 0.29) is 18.6 Å². The van der Waals surface area contributed by atoms with E-state index in [4.69, 9.17) is 9.84 Å². The molecule has 1 heterocycles. The van der Waals surface area contributed by atoms with Crippen molar-refractivity contribution in [2.45, 2.75) is 45.7 Å². The molecule has 1 aliphatic rings. The zero-order valence-electron chi connectivity index (χ0n) is 12.2. The van der Waals surface area contributed by atoms with Crippen LogP contribution in [0.25, 0.3) is 0 Å². The summed E-state index contributed by atoms with van der Waals surface area (Å²) < 4.78 is 5.37. The van der Waals surface area contributed by atoms with Crippen molar-refractivity contribution in [2.75, 3.05) is 26.3 Å². The molecule has 0 aromatic heterocycles. The lowest BCUT2D eigenvalue weighted by Gasteiger charge is -2.42. The van der Waals surface area contributed by atoms with Gasteiger partial charge in [0.2, 0.25) is 0 Å². The molecule has 19 heavy (non-hydrogen) atoms. The van der Waals surface area contributed by atoms with Crippen molar-refractivity contribution in [3.63, 3.8) is 0 Å². The Morgan fingerprint density at radius 1 is 1.42 bits per heavy atom. The maximum atomic E-state index is 12.6. The van der Waals surface area contributed by atoms with Crippen LogP contribution in [0.3, 0.4) is 0 Å². The second-order valence-electron chi connectivity index (χ2n) is 5.76. The van der Waals surface area contributed by atoms with Crippen molar-refractivity contribution < 1.29 is 19.4 Å². The Kier molecular flexibility index (Phi) is 5.17. The van der Waals surface area contributed by atoms with Crippen LogP contribution in [0.15, 0.2) is 0 Å². The second kappa shape index (κ2) is 6.23. The first-order valence-corrected chi connectivity index (χ1v) is 6.65. The van der Waals surface area contributed by atoms with Gasteiger partial charge in [-0.15, -0.1) is 0 Å². The highest BCUT2D eigenvalue weighted by molar-refractivity contribution is 5.81. The molecule has 1 fully saturated rings. The molecule has 1 aliphatic heterocycles. The number of carboxylic acids is 1. The summed E-state index contributed by atoms with van der Waals surface area (Å²) in [5.41, 5.74) is -0.522. The van der Waals surface area contributed by atoms with E-state index >= 15 is 0 Å². The molecular weight excluding hydrogens is 248 g/mol. The summed E-state index contributed by atoms with van der Waals surface area (Å²) in [5, 5.41) is 8.98. The van der Waals surface area contributed by atoms with E-state index in [9.17, 15) is 9.59 Å². The minimum Gasteiger partial charge on any atom is -0.480 e. The van der Waals surface area contributed by atoms with Crippen LogP contribution in [0.4, 0.5) is 4.79 Å². The normalized spacial score (nSPS) is 20.2. The summed E-state index contributed by atoms with van der Waals surface area (Å²) in [7, 11) is 0. The van der Waals surface area contributed by atoms with Crippen LogP contribution in [0.1, 0.15) is 34.1 Å². The highest BCUT2D eigenvalue weighted by Crippen LogP contribution is 2.19. The third-order valence-corrected chi connectivity index (χ3v) is 3.28. The summed E-state index contributed by atoms with van der Waals surface area (Å²) in [6.07, 6.45) is 0.802. The number of ether oxygens (including phenoxy) is 1. The molecule has 1 atom stereocenters. The monoisotopic (exact) mass is 272 g/mol. The van der Waals surface area contributed by atoms with Crippen molar-refractivity contribution in [1.29, 1.82) is 0 Å². The molecule has 0 saturated carbocycles. The SMILES string of the molecule is CCC1COCCN1C(=O)N(CC(=O)O)C(C)(C)C. The van der Waals surface area contributed by atoms with Gasteiger partial charge in [0.1, 0.15) is 6.54 Å². The lowest BCUT2D eigenvalue weighted by Crippen LogP contribution is -2.58. The van der Waals surface area contributed by atoms with Crippen LogP contribution in [0.2, 0.25) is 0 Å². The van der Waals surface area contributed by atoms with Gasteiger partial charge in [-0.3, -0.25) is 4.79 Å². The van der Waals surface area contributed by atoms with Gasteiger partial charge in [0.05, 0.1) is 19.3 Å². The molecule has 0 radical (unpaired) electrons. The van der Waals surface area contributed by atoms with Gasteiger partial charge in [0.25, 0.3) is 0 Å². The Morgan fingerprint density at radius 3 is 2.53 bits per heavy atom. The zero-order valence-corrected chi connectivity index (χ0v) is 12.2. The molecule has 0 aromatic carbocycles. The number of rotatable bonds is 3. The molecule has 1 saturated heterocycles. The number of nitrogens with zero attached hydrogens (tertiary/aromatic N) is 2. The summed E-state index contributed by atoms with van der Waals surface area (Å²) in [4.78, 5) is 26.7. The van der Waals surface area contributed by atoms with Crippen LogP contribution in [-0.2, 0) is 9.53 Å². The van der Waals surface area contributed by atoms with Crippen molar-refractivity contribution in [3.8, 4) is 0 Å². The quantitative estimate of drug-likeness (QED) is 0.843. The van der Waals surface area contributed by atoms with Gasteiger partial charge in [-0.05, 0) is 27.2 Å². The van der Waals surface area contributed by atoms with Gasteiger partial charge in [0.15, 0.2) is 0 Å². The molecule has 0 spiro atoms. The van der Waals surface area contributed by atoms with Gasteiger partial charge in [0, 0.05) is 12.1 Å². The Hall–Kier alpha value is -1.30. The maximum Gasteiger partial charge on any atom is 0.323 e. The fourth-order valence-electron chi connectivity index (χ4n) is 2.13. The van der Waals surface area contributed by atoms with Crippen LogP contribution in [0, 0.1) is 0 Å². The van der Waals surface area contributed by atoms with Crippen molar-refractivity contribution in [1.82, 2.24) is 9.80 Å². The molecule has 1 unspecified atom stereocenters. The summed E-state index contributed by atoms with van der Waals surface area (Å²) in [6, 6.07) is -0.190. The average molecular weight is 272 g/mol. The smallest absolute Gasteiger partial charge is 0.323 e. The standard InChI is InChI=1S/C13H24N2O4/c1-5-10-9-19-7-6-14(10)12(18)15(8-11(16)17)13(2,3)4/h10H,5-9H2,1-4H3,(H,16,17). The van der Waals surface area contributed by atoms with E-state index in [0.717, 1.165) is 6.42 Å². The summed E-state index contributed by atoms with van der Waals surface area (Å²) >= 11 is 0. The van der Waals surface area contributed by atoms with Gasteiger partial charge in [-0.25, -0.2) is 4.79 Å². The lowest BCUT2D eigenvalue weighted by molar-refractivity contribution is -0.139. The van der Waals surface area contributed by atoms with Crippen molar-refractivity contribution >= 4 is 12.0 Å². The minimum absolute atomic E-state index is 0.0277. The number of carbonyl (C=O) groups is 2. The predicted octanol–water partition coefficient (Wildman–Crippen LogP) is 1.40. The maximum absolute atomic E-state index is 12.6. The first-order chi connectivity index (χ1) is 8.77. The van der Waals surface area contributed by atoms with E-state index in [0.29, 0.717) is 19.8 Å². The van der Waals surface area contributed by atoms with Gasteiger partial charge in [-0.2, -0.15) is 0 Å². The highest BCUT2D eigenvalue weighted by Gasteiger charge is 2.35. The number of carboxylic acid groups (broad SMARTS) is 1. The Bertz CT molecular complexity index is 338. The molecule has 1 rings (SSSR count). The Labute approximate surface area is 114 Å². The molecule has 6 heteroatoms. The number of hydrogen-bond acceptors (Lipinski definition) is 3. The first kappa shape index (κ1) is 15.8. The second-order valence-corrected chi connectivity index (χ2v) is 5.76. The molecule has 2 amide bonds. The third kappa shape index (κ3) is 4.09. The molecular formula is C13H24N2O4. The van der Waals surface area contributed by atoms with Crippen LogP contribution in [-0.4, -0.2) is 64.8 Å². The molecule has 110 valence electrons. The average Bonchev–Trinajstić information content (AvgIpc) is 2.33. The number of hydrogen-bond donors (Lipinski definition) is 1. The first-order valence-electron chi connectivity index (χ1n) is 6.65. The van der Waals surface area contributed by atoms with E-state index in [1.165, 1.54) is 4.90 Å². The number of morpholine rings is 1. The molecule has 0 bridgehead atoms. The van der Waals surface area contributed by atoms with Gasteiger partial charge < -0.3 is 19.6 Å². The van der Waals surface area contributed by atoms with E-state index < -0.39 is 11.5 Å². The predicted molar refractivity (Wildman–Crippen MR) is 71.1 cm³/mol. The van der Waals surface area contributed by atoms with Crippen LogP contribution >= 0.6 is 0 Å². The molecule has 1 N–H and O–H groups in total. The van der Waals surface area contributed by atoms with E-state index in [2.05, 4.69) is 0 Å². The van der Waals surface area contributed by atoms with Crippen LogP contribution in [0.5, 0.6) is 0 Å². The van der Waals surface area contributed by atoms with Crippen molar-refractivity contribution in [3.05, 3.63) is 0 Å². The Balaban J connectivity index is 2.88. The number of amides is 2. The highest BCUT2D eigenvalue weighted by atomic mass is 16.5. The fourth-order valence-corrected chi connectivity index (χ4v) is 2.13. The number of aliphatic carboxylic acids is 1. The topological polar surface area (TPSA) is 70.1 Å². The summed E-state index contributed by atoms with van der Waals surface area (Å²) in [5.74, 6) is -0.996. The summed E-state index contributed by atoms with van der Waals surface area (Å²) in [6.45, 7) is 8.79. The molecule has 0 aromatic rings. The van der Waals surface area contributed by atoms with Gasteiger partial charge >= 0.3 is 12.0 Å². The fraction of sp³-hybridized carbons (Fsp3) is 0.846. The van der Waals surface area contributed by atoms with Crippen molar-refractivity contribution in [2.24, 2.45) is 0 Å². The largest absolute Gasteiger partial charge is 0.480 e. The van der Waals surface area contributed by atoms with Gasteiger partial charge in [-0.1, -0.05) is 6.92 Å². The van der Waals surface area contributed by atoms with Crippen LogP contribution < -0.4 is 0 Å². The lowest BCUT2D eigenvalue weighted by atomic mass is 10.1. The molecule has 0 aliphatic carbocycles. The minimum atomic E-state index is -0.996. The number of urea groups is 1. The zero-order chi connectivity index (χ0) is 14.6. The Morgan fingerprint density at radius 2 is 2.05 bits per heavy atom. The molecule has 6 nitrogen and oxygen atoms in total.